The van der Waals surface area contributed by atoms with E-state index in [9.17, 15) is 0 Å². The maximum atomic E-state index is 5.58. The smallest absolute Gasteiger partial charge is 0.231 e. The largest absolute Gasteiger partial charge is 0.497 e. The SMILES string of the molecule is COc1ccc(C(c2ccc3c(c2)OCO3)N2CCNCC2)cc1. The summed E-state index contributed by atoms with van der Waals surface area (Å²) in [6.07, 6.45) is 0. The maximum Gasteiger partial charge on any atom is 0.231 e. The van der Waals surface area contributed by atoms with Gasteiger partial charge in [0.25, 0.3) is 0 Å². The van der Waals surface area contributed by atoms with E-state index >= 15 is 0 Å². The highest BCUT2D eigenvalue weighted by Crippen LogP contribution is 2.38. The monoisotopic (exact) mass is 326 g/mol. The summed E-state index contributed by atoms with van der Waals surface area (Å²) in [6, 6.07) is 14.8. The average Bonchev–Trinajstić information content (AvgIpc) is 3.11. The molecule has 4 rings (SSSR count). The fourth-order valence-corrected chi connectivity index (χ4v) is 3.42. The van der Waals surface area contributed by atoms with Gasteiger partial charge in [-0.25, -0.2) is 0 Å². The van der Waals surface area contributed by atoms with Crippen molar-refractivity contribution in [2.75, 3.05) is 40.1 Å². The van der Waals surface area contributed by atoms with Crippen molar-refractivity contribution >= 4 is 0 Å². The predicted octanol–water partition coefficient (Wildman–Crippen LogP) is 2.42. The minimum absolute atomic E-state index is 0.201. The Morgan fingerprint density at radius 2 is 1.67 bits per heavy atom. The molecule has 1 atom stereocenters. The predicted molar refractivity (Wildman–Crippen MR) is 91.8 cm³/mol. The molecule has 24 heavy (non-hydrogen) atoms. The molecular formula is C19H22N2O3. The zero-order valence-corrected chi connectivity index (χ0v) is 13.8. The number of methoxy groups -OCH3 is 1. The van der Waals surface area contributed by atoms with Crippen LogP contribution in [0.4, 0.5) is 0 Å². The summed E-state index contributed by atoms with van der Waals surface area (Å²) >= 11 is 0. The molecule has 5 nitrogen and oxygen atoms in total. The highest BCUT2D eigenvalue weighted by molar-refractivity contribution is 5.47. The molecule has 126 valence electrons. The van der Waals surface area contributed by atoms with Crippen molar-refractivity contribution in [3.8, 4) is 17.2 Å². The molecule has 0 bridgehead atoms. The number of ether oxygens (including phenoxy) is 3. The first-order valence-electron chi connectivity index (χ1n) is 8.33. The Bertz CT molecular complexity index is 696. The van der Waals surface area contributed by atoms with E-state index in [4.69, 9.17) is 14.2 Å². The fourth-order valence-electron chi connectivity index (χ4n) is 3.42. The van der Waals surface area contributed by atoms with Crippen molar-refractivity contribution in [2.45, 2.75) is 6.04 Å². The van der Waals surface area contributed by atoms with Crippen molar-refractivity contribution in [2.24, 2.45) is 0 Å². The van der Waals surface area contributed by atoms with E-state index in [1.807, 2.05) is 18.2 Å². The first-order chi connectivity index (χ1) is 11.8. The molecule has 2 aromatic rings. The molecule has 0 amide bonds. The normalized spacial score (nSPS) is 18.4. The zero-order chi connectivity index (χ0) is 16.4. The van der Waals surface area contributed by atoms with Crippen LogP contribution in [0.1, 0.15) is 17.2 Å². The molecule has 2 aliphatic rings. The number of benzene rings is 2. The van der Waals surface area contributed by atoms with E-state index in [1.165, 1.54) is 11.1 Å². The Hall–Kier alpha value is -2.24. The van der Waals surface area contributed by atoms with Crippen LogP contribution in [0.2, 0.25) is 0 Å². The molecule has 1 unspecified atom stereocenters. The highest BCUT2D eigenvalue weighted by Gasteiger charge is 2.26. The summed E-state index contributed by atoms with van der Waals surface area (Å²) in [5, 5.41) is 3.43. The average molecular weight is 326 g/mol. The second-order valence-corrected chi connectivity index (χ2v) is 6.07. The number of piperazine rings is 1. The van der Waals surface area contributed by atoms with Crippen molar-refractivity contribution in [3.05, 3.63) is 53.6 Å². The third-order valence-corrected chi connectivity index (χ3v) is 4.66. The lowest BCUT2D eigenvalue weighted by Crippen LogP contribution is -2.45. The van der Waals surface area contributed by atoms with E-state index in [0.717, 1.165) is 43.4 Å². The van der Waals surface area contributed by atoms with Gasteiger partial charge in [-0.2, -0.15) is 0 Å². The summed E-state index contributed by atoms with van der Waals surface area (Å²) in [5.41, 5.74) is 2.49. The summed E-state index contributed by atoms with van der Waals surface area (Å²) in [6.45, 7) is 4.37. The first kappa shape index (κ1) is 15.3. The number of hydrogen-bond acceptors (Lipinski definition) is 5. The highest BCUT2D eigenvalue weighted by atomic mass is 16.7. The third kappa shape index (κ3) is 2.92. The second kappa shape index (κ2) is 6.71. The molecule has 1 N–H and O–H groups in total. The van der Waals surface area contributed by atoms with Gasteiger partial charge in [-0.1, -0.05) is 18.2 Å². The van der Waals surface area contributed by atoms with E-state index < -0.39 is 0 Å². The van der Waals surface area contributed by atoms with Crippen molar-refractivity contribution in [1.29, 1.82) is 0 Å². The van der Waals surface area contributed by atoms with Gasteiger partial charge in [0.1, 0.15) is 5.75 Å². The summed E-state index contributed by atoms with van der Waals surface area (Å²) in [4.78, 5) is 2.51. The van der Waals surface area contributed by atoms with Crippen LogP contribution in [0.5, 0.6) is 17.2 Å². The van der Waals surface area contributed by atoms with Crippen LogP contribution in [-0.2, 0) is 0 Å². The van der Waals surface area contributed by atoms with Gasteiger partial charge in [0.15, 0.2) is 11.5 Å². The lowest BCUT2D eigenvalue weighted by atomic mass is 9.96. The number of fused-ring (bicyclic) bond motifs is 1. The Morgan fingerprint density at radius 1 is 0.958 bits per heavy atom. The standard InChI is InChI=1S/C19H22N2O3/c1-22-16-5-2-14(3-6-16)19(21-10-8-20-9-11-21)15-4-7-17-18(12-15)24-13-23-17/h2-7,12,19-20H,8-11,13H2,1H3. The van der Waals surface area contributed by atoms with Crippen molar-refractivity contribution in [3.63, 3.8) is 0 Å². The van der Waals surface area contributed by atoms with Crippen LogP contribution >= 0.6 is 0 Å². The quantitative estimate of drug-likeness (QED) is 0.935. The topological polar surface area (TPSA) is 43.0 Å². The molecule has 0 radical (unpaired) electrons. The molecule has 2 heterocycles. The minimum Gasteiger partial charge on any atom is -0.497 e. The van der Waals surface area contributed by atoms with Gasteiger partial charge in [-0.05, 0) is 35.4 Å². The van der Waals surface area contributed by atoms with E-state index in [1.54, 1.807) is 7.11 Å². The van der Waals surface area contributed by atoms with Gasteiger partial charge in [-0.3, -0.25) is 4.90 Å². The number of rotatable bonds is 4. The van der Waals surface area contributed by atoms with E-state index in [0.29, 0.717) is 6.79 Å². The van der Waals surface area contributed by atoms with E-state index in [2.05, 4.69) is 34.5 Å². The van der Waals surface area contributed by atoms with Gasteiger partial charge in [0, 0.05) is 26.2 Å². The Labute approximate surface area is 142 Å². The number of nitrogens with one attached hydrogen (secondary N) is 1. The Kier molecular flexibility index (Phi) is 4.28. The molecule has 1 fully saturated rings. The van der Waals surface area contributed by atoms with Crippen LogP contribution < -0.4 is 19.5 Å². The third-order valence-electron chi connectivity index (χ3n) is 4.66. The summed E-state index contributed by atoms with van der Waals surface area (Å²) in [7, 11) is 1.70. The Balaban J connectivity index is 1.71. The lowest BCUT2D eigenvalue weighted by molar-refractivity contribution is 0.173. The lowest BCUT2D eigenvalue weighted by Gasteiger charge is -2.35. The zero-order valence-electron chi connectivity index (χ0n) is 13.8. The fraction of sp³-hybridized carbons (Fsp3) is 0.368. The van der Waals surface area contributed by atoms with Gasteiger partial charge >= 0.3 is 0 Å². The molecular weight excluding hydrogens is 304 g/mol. The molecule has 0 aromatic heterocycles. The number of hydrogen-bond donors (Lipinski definition) is 1. The van der Waals surface area contributed by atoms with Crippen LogP contribution in [0, 0.1) is 0 Å². The van der Waals surface area contributed by atoms with Gasteiger partial charge in [0.05, 0.1) is 13.2 Å². The van der Waals surface area contributed by atoms with Gasteiger partial charge in [-0.15, -0.1) is 0 Å². The molecule has 5 heteroatoms. The molecule has 2 aliphatic heterocycles. The summed E-state index contributed by atoms with van der Waals surface area (Å²) < 4.78 is 16.3. The van der Waals surface area contributed by atoms with Gasteiger partial charge in [0.2, 0.25) is 6.79 Å². The summed E-state index contributed by atoms with van der Waals surface area (Å²) in [5.74, 6) is 2.54. The van der Waals surface area contributed by atoms with Crippen molar-refractivity contribution < 1.29 is 14.2 Å². The van der Waals surface area contributed by atoms with Crippen LogP contribution in [-0.4, -0.2) is 45.0 Å². The Morgan fingerprint density at radius 3 is 2.42 bits per heavy atom. The van der Waals surface area contributed by atoms with Crippen LogP contribution in [0.25, 0.3) is 0 Å². The minimum atomic E-state index is 0.201. The first-order valence-corrected chi connectivity index (χ1v) is 8.33. The maximum absolute atomic E-state index is 5.58. The number of nitrogens with zero attached hydrogens (tertiary/aromatic N) is 1. The molecule has 1 saturated heterocycles. The van der Waals surface area contributed by atoms with Crippen molar-refractivity contribution in [1.82, 2.24) is 10.2 Å². The van der Waals surface area contributed by atoms with Crippen LogP contribution in [0.15, 0.2) is 42.5 Å². The van der Waals surface area contributed by atoms with Gasteiger partial charge < -0.3 is 19.5 Å². The van der Waals surface area contributed by atoms with Crippen LogP contribution in [0.3, 0.4) is 0 Å². The molecule has 0 spiro atoms. The second-order valence-electron chi connectivity index (χ2n) is 6.07. The van der Waals surface area contributed by atoms with E-state index in [-0.39, 0.29) is 6.04 Å². The molecule has 0 saturated carbocycles. The molecule has 2 aromatic carbocycles. The molecule has 0 aliphatic carbocycles.